The Morgan fingerprint density at radius 3 is 1.33 bits per heavy atom. The highest BCUT2D eigenvalue weighted by Crippen LogP contribution is 2.54. The lowest BCUT2D eigenvalue weighted by atomic mass is 10.1. The molecule has 8 aromatic rings. The Hall–Kier alpha value is -6.22. The van der Waals surface area contributed by atoms with Crippen molar-refractivity contribution < 1.29 is 0 Å². The standard InChI is InChI=1S/C46H32N6S2/c1-3-15-31(16-4-1)44-48-43(49-45(50-44)32-17-5-2-6-18-32)28-27-33-29-34(51-35-19-7-11-23-39(35)53-40-24-12-8-20-36(40)51)30-47-46(33)52-37-21-9-13-25-41(37)54-42-26-14-10-22-38(42)52/h1-26,29-30H,27-28H2. The first kappa shape index (κ1) is 32.4. The van der Waals surface area contributed by atoms with Crippen molar-refractivity contribution in [2.75, 3.05) is 9.80 Å². The van der Waals surface area contributed by atoms with Gasteiger partial charge in [-0.3, -0.25) is 4.90 Å². The first-order valence-corrected chi connectivity index (χ1v) is 19.6. The van der Waals surface area contributed by atoms with Crippen molar-refractivity contribution in [1.82, 2.24) is 19.9 Å². The zero-order chi connectivity index (χ0) is 35.8. The number of benzene rings is 6. The van der Waals surface area contributed by atoms with Crippen LogP contribution in [0.15, 0.2) is 190 Å². The predicted octanol–water partition coefficient (Wildman–Crippen LogP) is 12.3. The quantitative estimate of drug-likeness (QED) is 0.161. The summed E-state index contributed by atoms with van der Waals surface area (Å²) in [5, 5.41) is 0. The number of rotatable bonds is 7. The van der Waals surface area contributed by atoms with E-state index in [-0.39, 0.29) is 0 Å². The molecule has 10 rings (SSSR count). The third-order valence-corrected chi connectivity index (χ3v) is 11.9. The molecular formula is C46H32N6S2. The van der Waals surface area contributed by atoms with Gasteiger partial charge in [0.15, 0.2) is 11.6 Å². The number of aromatic nitrogens is 4. The number of pyridine rings is 1. The highest BCUT2D eigenvalue weighted by Gasteiger charge is 2.29. The summed E-state index contributed by atoms with van der Waals surface area (Å²) in [5.41, 5.74) is 8.54. The zero-order valence-electron chi connectivity index (χ0n) is 29.1. The molecule has 0 saturated heterocycles. The maximum Gasteiger partial charge on any atom is 0.163 e. The Balaban J connectivity index is 1.13. The van der Waals surface area contributed by atoms with E-state index >= 15 is 0 Å². The van der Waals surface area contributed by atoms with Gasteiger partial charge < -0.3 is 4.90 Å². The van der Waals surface area contributed by atoms with E-state index in [0.717, 1.165) is 56.8 Å². The van der Waals surface area contributed by atoms with Crippen molar-refractivity contribution in [1.29, 1.82) is 0 Å². The molecule has 54 heavy (non-hydrogen) atoms. The van der Waals surface area contributed by atoms with Crippen LogP contribution in [-0.2, 0) is 12.8 Å². The molecule has 0 N–H and O–H groups in total. The van der Waals surface area contributed by atoms with Crippen LogP contribution >= 0.6 is 23.5 Å². The largest absolute Gasteiger partial charge is 0.307 e. The monoisotopic (exact) mass is 732 g/mol. The Morgan fingerprint density at radius 1 is 0.426 bits per heavy atom. The van der Waals surface area contributed by atoms with Gasteiger partial charge in [0, 0.05) is 37.1 Å². The highest BCUT2D eigenvalue weighted by atomic mass is 32.2. The van der Waals surface area contributed by atoms with Gasteiger partial charge in [0.2, 0.25) is 0 Å². The predicted molar refractivity (Wildman–Crippen MR) is 220 cm³/mol. The molecule has 0 bridgehead atoms. The fraction of sp³-hybridized carbons (Fsp3) is 0.0435. The molecule has 0 spiro atoms. The second kappa shape index (κ2) is 14.0. The van der Waals surface area contributed by atoms with Crippen LogP contribution in [0.3, 0.4) is 0 Å². The number of nitrogens with zero attached hydrogens (tertiary/aromatic N) is 6. The maximum atomic E-state index is 5.38. The SMILES string of the molecule is c1ccc(-c2nc(CCc3cc(N4c5ccccc5Sc5ccccc54)cnc3N3c4ccccc4Sc4ccccc43)nc(-c3ccccc3)n2)cc1. The number of anilines is 6. The Kier molecular flexibility index (Phi) is 8.39. The molecule has 2 aliphatic heterocycles. The van der Waals surface area contributed by atoms with E-state index < -0.39 is 0 Å². The molecule has 258 valence electrons. The van der Waals surface area contributed by atoms with Crippen LogP contribution in [0.25, 0.3) is 22.8 Å². The molecule has 4 heterocycles. The minimum atomic E-state index is 0.592. The fourth-order valence-corrected chi connectivity index (χ4v) is 9.24. The van der Waals surface area contributed by atoms with Crippen molar-refractivity contribution in [3.8, 4) is 22.8 Å². The van der Waals surface area contributed by atoms with Gasteiger partial charge in [-0.2, -0.15) is 0 Å². The van der Waals surface area contributed by atoms with E-state index in [9.17, 15) is 0 Å². The van der Waals surface area contributed by atoms with Gasteiger partial charge in [0.25, 0.3) is 0 Å². The van der Waals surface area contributed by atoms with Crippen LogP contribution < -0.4 is 9.80 Å². The zero-order valence-corrected chi connectivity index (χ0v) is 30.7. The molecule has 0 atom stereocenters. The summed E-state index contributed by atoms with van der Waals surface area (Å²) in [4.78, 5) is 29.9. The van der Waals surface area contributed by atoms with E-state index in [4.69, 9.17) is 19.9 Å². The summed E-state index contributed by atoms with van der Waals surface area (Å²) in [7, 11) is 0. The molecule has 2 aromatic heterocycles. The normalized spacial score (nSPS) is 12.7. The minimum absolute atomic E-state index is 0.592. The van der Waals surface area contributed by atoms with Crippen molar-refractivity contribution in [2.45, 2.75) is 32.4 Å². The summed E-state index contributed by atoms with van der Waals surface area (Å²) in [6.45, 7) is 0. The van der Waals surface area contributed by atoms with Gasteiger partial charge in [-0.25, -0.2) is 19.9 Å². The molecule has 8 heteroatoms. The van der Waals surface area contributed by atoms with E-state index in [2.05, 4.69) is 137 Å². The van der Waals surface area contributed by atoms with E-state index in [1.54, 1.807) is 23.5 Å². The average molecular weight is 733 g/mol. The number of aryl methyl sites for hydroxylation is 2. The second-order valence-electron chi connectivity index (χ2n) is 13.1. The second-order valence-corrected chi connectivity index (χ2v) is 15.2. The van der Waals surface area contributed by atoms with Crippen molar-refractivity contribution in [3.63, 3.8) is 0 Å². The van der Waals surface area contributed by atoms with Gasteiger partial charge in [0.05, 0.1) is 34.6 Å². The van der Waals surface area contributed by atoms with Gasteiger partial charge in [-0.05, 0) is 66.6 Å². The third-order valence-electron chi connectivity index (χ3n) is 9.63. The van der Waals surface area contributed by atoms with Gasteiger partial charge >= 0.3 is 0 Å². The Morgan fingerprint density at radius 2 is 0.852 bits per heavy atom. The summed E-state index contributed by atoms with van der Waals surface area (Å²) in [5.74, 6) is 2.97. The van der Waals surface area contributed by atoms with E-state index in [1.165, 1.54) is 19.6 Å². The Bertz CT molecular complexity index is 2500. The number of fused-ring (bicyclic) bond motifs is 4. The molecule has 0 radical (unpaired) electrons. The third kappa shape index (κ3) is 5.99. The van der Waals surface area contributed by atoms with Gasteiger partial charge in [-0.1, -0.05) is 133 Å². The molecule has 0 amide bonds. The molecule has 6 aromatic carbocycles. The first-order chi connectivity index (χ1) is 26.8. The molecule has 0 fully saturated rings. The van der Waals surface area contributed by atoms with Crippen LogP contribution in [0.5, 0.6) is 0 Å². The van der Waals surface area contributed by atoms with Crippen LogP contribution in [0.4, 0.5) is 34.3 Å². The van der Waals surface area contributed by atoms with E-state index in [1.807, 2.05) is 42.6 Å². The first-order valence-electron chi connectivity index (χ1n) is 17.9. The summed E-state index contributed by atoms with van der Waals surface area (Å²) < 4.78 is 0. The molecule has 0 saturated carbocycles. The van der Waals surface area contributed by atoms with Gasteiger partial charge in [0.1, 0.15) is 11.6 Å². The Labute approximate surface area is 322 Å². The van der Waals surface area contributed by atoms with Crippen LogP contribution in [-0.4, -0.2) is 19.9 Å². The highest BCUT2D eigenvalue weighted by molar-refractivity contribution is 8.00. The summed E-state index contributed by atoms with van der Waals surface area (Å²) in [6, 6.07) is 57.0. The van der Waals surface area contributed by atoms with Crippen LogP contribution in [0.2, 0.25) is 0 Å². The van der Waals surface area contributed by atoms with Crippen molar-refractivity contribution >= 4 is 57.8 Å². The molecule has 6 nitrogen and oxygen atoms in total. The topological polar surface area (TPSA) is 58.0 Å². The van der Waals surface area contributed by atoms with Gasteiger partial charge in [-0.15, -0.1) is 0 Å². The summed E-state index contributed by atoms with van der Waals surface area (Å²) in [6.07, 6.45) is 3.27. The lowest BCUT2D eigenvalue weighted by Crippen LogP contribution is -2.20. The number of para-hydroxylation sites is 4. The average Bonchev–Trinajstić information content (AvgIpc) is 3.24. The molecule has 2 aliphatic rings. The fourth-order valence-electron chi connectivity index (χ4n) is 7.12. The molecule has 0 unspecified atom stereocenters. The summed E-state index contributed by atoms with van der Waals surface area (Å²) >= 11 is 3.61. The number of hydrogen-bond donors (Lipinski definition) is 0. The molecule has 0 aliphatic carbocycles. The maximum absolute atomic E-state index is 5.38. The molecular weight excluding hydrogens is 701 g/mol. The van der Waals surface area contributed by atoms with Crippen LogP contribution in [0.1, 0.15) is 11.4 Å². The van der Waals surface area contributed by atoms with Crippen molar-refractivity contribution in [3.05, 3.63) is 181 Å². The minimum Gasteiger partial charge on any atom is -0.307 e. The smallest absolute Gasteiger partial charge is 0.163 e. The number of hydrogen-bond acceptors (Lipinski definition) is 8. The lowest BCUT2D eigenvalue weighted by Gasteiger charge is -2.35. The van der Waals surface area contributed by atoms with Crippen LogP contribution in [0, 0.1) is 0 Å². The van der Waals surface area contributed by atoms with Crippen molar-refractivity contribution in [2.24, 2.45) is 0 Å². The van der Waals surface area contributed by atoms with E-state index in [0.29, 0.717) is 24.5 Å². The lowest BCUT2D eigenvalue weighted by molar-refractivity contribution is 0.838.